The Kier molecular flexibility index (Phi) is 6.94. The molecule has 0 bridgehead atoms. The van der Waals surface area contributed by atoms with Crippen LogP contribution in [0.5, 0.6) is 0 Å². The number of rotatable bonds is 6. The summed E-state index contributed by atoms with van der Waals surface area (Å²) < 4.78 is 10.7. The zero-order valence-electron chi connectivity index (χ0n) is 14.4. The highest BCUT2D eigenvalue weighted by atomic mass is 16.6. The van der Waals surface area contributed by atoms with Crippen LogP contribution in [0.15, 0.2) is 11.6 Å². The first-order chi connectivity index (χ1) is 10.7. The van der Waals surface area contributed by atoms with Gasteiger partial charge in [-0.1, -0.05) is 27.7 Å². The maximum atomic E-state index is 12.5. The number of carbonyl (C=O) groups is 3. The Morgan fingerprint density at radius 1 is 1.22 bits per heavy atom. The first kappa shape index (κ1) is 19.4. The lowest BCUT2D eigenvalue weighted by Gasteiger charge is -2.37. The molecular weight excluding hydrogens is 300 g/mol. The van der Waals surface area contributed by atoms with Crippen molar-refractivity contribution in [2.45, 2.75) is 53.2 Å². The Morgan fingerprint density at radius 3 is 2.26 bits per heavy atom. The lowest BCUT2D eigenvalue weighted by atomic mass is 9.77. The summed E-state index contributed by atoms with van der Waals surface area (Å²) in [5.74, 6) is -1.81. The van der Waals surface area contributed by atoms with Crippen molar-refractivity contribution >= 4 is 17.7 Å². The molecule has 0 heterocycles. The fourth-order valence-electron chi connectivity index (χ4n) is 2.74. The third-order valence-electron chi connectivity index (χ3n) is 3.74. The minimum absolute atomic E-state index is 0.0587. The zero-order chi connectivity index (χ0) is 17.7. The van der Waals surface area contributed by atoms with Gasteiger partial charge in [-0.15, -0.1) is 0 Å². The molecule has 0 amide bonds. The van der Waals surface area contributed by atoms with Gasteiger partial charge >= 0.3 is 11.9 Å². The summed E-state index contributed by atoms with van der Waals surface area (Å²) in [6.07, 6.45) is -0.0893. The predicted octanol–water partition coefficient (Wildman–Crippen LogP) is 1.65. The van der Waals surface area contributed by atoms with Crippen molar-refractivity contribution in [2.24, 2.45) is 17.8 Å². The zero-order valence-corrected chi connectivity index (χ0v) is 14.4. The molecule has 130 valence electrons. The molecule has 1 N–H and O–H groups in total. The highest BCUT2D eigenvalue weighted by molar-refractivity contribution is 6.01. The van der Waals surface area contributed by atoms with Crippen molar-refractivity contribution in [2.75, 3.05) is 6.61 Å². The highest BCUT2D eigenvalue weighted by Gasteiger charge is 2.44. The molecule has 1 aliphatic carbocycles. The molecule has 1 rings (SSSR count). The molecule has 0 fully saturated rings. The van der Waals surface area contributed by atoms with Crippen LogP contribution >= 0.6 is 0 Å². The van der Waals surface area contributed by atoms with E-state index in [1.165, 1.54) is 13.0 Å². The van der Waals surface area contributed by atoms with Crippen LogP contribution in [-0.4, -0.2) is 41.6 Å². The van der Waals surface area contributed by atoms with Crippen LogP contribution in [-0.2, 0) is 23.9 Å². The first-order valence-electron chi connectivity index (χ1n) is 7.89. The van der Waals surface area contributed by atoms with Crippen LogP contribution in [0.25, 0.3) is 0 Å². The van der Waals surface area contributed by atoms with Crippen molar-refractivity contribution in [1.82, 2.24) is 0 Å². The van der Waals surface area contributed by atoms with Gasteiger partial charge in [0.1, 0.15) is 6.10 Å². The largest absolute Gasteiger partial charge is 0.458 e. The molecule has 6 nitrogen and oxygen atoms in total. The third kappa shape index (κ3) is 5.16. The Labute approximate surface area is 136 Å². The van der Waals surface area contributed by atoms with Crippen molar-refractivity contribution in [3.63, 3.8) is 0 Å². The van der Waals surface area contributed by atoms with Crippen LogP contribution in [0.3, 0.4) is 0 Å². The Balaban J connectivity index is 3.12. The third-order valence-corrected chi connectivity index (χ3v) is 3.74. The number of ether oxygens (including phenoxy) is 2. The van der Waals surface area contributed by atoms with E-state index >= 15 is 0 Å². The quantitative estimate of drug-likeness (QED) is 0.747. The van der Waals surface area contributed by atoms with E-state index in [4.69, 9.17) is 9.47 Å². The average Bonchev–Trinajstić information content (AvgIpc) is 2.40. The summed E-state index contributed by atoms with van der Waals surface area (Å²) in [5, 5.41) is 9.37. The number of carbonyl (C=O) groups excluding carboxylic acids is 3. The van der Waals surface area contributed by atoms with E-state index in [0.29, 0.717) is 0 Å². The van der Waals surface area contributed by atoms with Gasteiger partial charge in [0.25, 0.3) is 0 Å². The molecule has 1 aliphatic rings. The number of ketones is 1. The summed E-state index contributed by atoms with van der Waals surface area (Å²) >= 11 is 0. The monoisotopic (exact) mass is 326 g/mol. The molecule has 6 heteroatoms. The summed E-state index contributed by atoms with van der Waals surface area (Å²) in [6, 6.07) is 0. The van der Waals surface area contributed by atoms with Gasteiger partial charge in [0.15, 0.2) is 6.10 Å². The second kappa shape index (κ2) is 8.24. The number of aliphatic hydroxyl groups excluding tert-OH is 1. The molecule has 23 heavy (non-hydrogen) atoms. The summed E-state index contributed by atoms with van der Waals surface area (Å²) in [4.78, 5) is 35.8. The van der Waals surface area contributed by atoms with E-state index in [-0.39, 0.29) is 23.8 Å². The summed E-state index contributed by atoms with van der Waals surface area (Å²) in [7, 11) is 0. The lowest BCUT2D eigenvalue weighted by molar-refractivity contribution is -0.167. The molecule has 0 spiro atoms. The van der Waals surface area contributed by atoms with Crippen LogP contribution < -0.4 is 0 Å². The van der Waals surface area contributed by atoms with Crippen molar-refractivity contribution in [3.8, 4) is 0 Å². The summed E-state index contributed by atoms with van der Waals surface area (Å²) in [6.45, 7) is 8.29. The van der Waals surface area contributed by atoms with E-state index < -0.39 is 42.5 Å². The van der Waals surface area contributed by atoms with Crippen molar-refractivity contribution in [1.29, 1.82) is 0 Å². The van der Waals surface area contributed by atoms with Gasteiger partial charge in [-0.2, -0.15) is 0 Å². The SMILES string of the molecule is CC(=O)OC1C=C(CO)C(=O)C(OC(=O)CC(C)C)C1C(C)C. The standard InChI is InChI=1S/C17H26O6/c1-9(2)6-14(20)23-17-15(10(3)4)13(22-11(5)19)7-12(8-18)16(17)21/h7,9-10,13,15,17-18H,6,8H2,1-5H3. The molecule has 0 aromatic rings. The van der Waals surface area contributed by atoms with Crippen molar-refractivity contribution < 1.29 is 29.0 Å². The normalized spacial score (nSPS) is 24.6. The molecule has 0 saturated heterocycles. The van der Waals surface area contributed by atoms with Gasteiger partial charge < -0.3 is 14.6 Å². The van der Waals surface area contributed by atoms with E-state index in [1.54, 1.807) is 0 Å². The topological polar surface area (TPSA) is 89.9 Å². The average molecular weight is 326 g/mol. The lowest BCUT2D eigenvalue weighted by Crippen LogP contribution is -2.48. The Morgan fingerprint density at radius 2 is 1.83 bits per heavy atom. The number of esters is 2. The predicted molar refractivity (Wildman–Crippen MR) is 83.4 cm³/mol. The molecule has 0 aromatic carbocycles. The first-order valence-corrected chi connectivity index (χ1v) is 7.89. The van der Waals surface area contributed by atoms with E-state index in [9.17, 15) is 19.5 Å². The number of hydrogen-bond acceptors (Lipinski definition) is 6. The smallest absolute Gasteiger partial charge is 0.306 e. The van der Waals surface area contributed by atoms with Crippen LogP contribution in [0.1, 0.15) is 41.0 Å². The second-order valence-corrected chi connectivity index (χ2v) is 6.62. The van der Waals surface area contributed by atoms with Gasteiger partial charge in [-0.25, -0.2) is 0 Å². The number of hydrogen-bond donors (Lipinski definition) is 1. The van der Waals surface area contributed by atoms with Crippen LogP contribution in [0.4, 0.5) is 0 Å². The van der Waals surface area contributed by atoms with E-state index in [0.717, 1.165) is 0 Å². The second-order valence-electron chi connectivity index (χ2n) is 6.62. The van der Waals surface area contributed by atoms with Gasteiger partial charge in [0, 0.05) is 24.8 Å². The fraction of sp³-hybridized carbons (Fsp3) is 0.706. The van der Waals surface area contributed by atoms with Gasteiger partial charge in [0.2, 0.25) is 5.78 Å². The molecular formula is C17H26O6. The van der Waals surface area contributed by atoms with Gasteiger partial charge in [0.05, 0.1) is 6.61 Å². The molecule has 0 saturated carbocycles. The number of aliphatic hydroxyl groups is 1. The van der Waals surface area contributed by atoms with Gasteiger partial charge in [-0.05, 0) is 17.9 Å². The van der Waals surface area contributed by atoms with E-state index in [1.807, 2.05) is 27.7 Å². The minimum atomic E-state index is -1.04. The molecule has 0 aliphatic heterocycles. The molecule has 3 unspecified atom stereocenters. The molecule has 3 atom stereocenters. The summed E-state index contributed by atoms with van der Waals surface area (Å²) in [5.41, 5.74) is 0.107. The van der Waals surface area contributed by atoms with E-state index in [2.05, 4.69) is 0 Å². The van der Waals surface area contributed by atoms with Gasteiger partial charge in [-0.3, -0.25) is 14.4 Å². The Hall–Kier alpha value is -1.69. The maximum absolute atomic E-state index is 12.5. The number of Topliss-reactive ketones (excluding diaryl/α,β-unsaturated/α-hetero) is 1. The highest BCUT2D eigenvalue weighted by Crippen LogP contribution is 2.32. The van der Waals surface area contributed by atoms with Crippen molar-refractivity contribution in [3.05, 3.63) is 11.6 Å². The molecule has 0 aromatic heterocycles. The van der Waals surface area contributed by atoms with Crippen LogP contribution in [0, 0.1) is 17.8 Å². The Bertz CT molecular complexity index is 491. The molecule has 0 radical (unpaired) electrons. The van der Waals surface area contributed by atoms with Crippen LogP contribution in [0.2, 0.25) is 0 Å². The minimum Gasteiger partial charge on any atom is -0.458 e. The maximum Gasteiger partial charge on any atom is 0.306 e. The fourth-order valence-corrected chi connectivity index (χ4v) is 2.74.